The van der Waals surface area contributed by atoms with E-state index in [1.807, 2.05) is 24.6 Å². The fourth-order valence-corrected chi connectivity index (χ4v) is 2.38. The Morgan fingerprint density at radius 3 is 3.00 bits per heavy atom. The molecule has 6 heteroatoms. The first-order valence-electron chi connectivity index (χ1n) is 6.52. The van der Waals surface area contributed by atoms with Crippen LogP contribution in [0.5, 0.6) is 0 Å². The number of rotatable bonds is 4. The normalized spacial score (nSPS) is 22.5. The lowest BCUT2D eigenvalue weighted by Crippen LogP contribution is -2.55. The third-order valence-corrected chi connectivity index (χ3v) is 3.18. The van der Waals surface area contributed by atoms with E-state index >= 15 is 0 Å². The minimum Gasteiger partial charge on any atom is -0.394 e. The molecule has 6 nitrogen and oxygen atoms in total. The molecule has 1 N–H and O–H groups in total. The number of aliphatic hydroxyl groups excluding tert-OH is 1. The maximum atomic E-state index is 12.2. The number of amides is 1. The maximum absolute atomic E-state index is 12.2. The minimum atomic E-state index is -0.406. The number of imidazole rings is 1. The van der Waals surface area contributed by atoms with Gasteiger partial charge in [-0.15, -0.1) is 0 Å². The number of aromatic nitrogens is 2. The van der Waals surface area contributed by atoms with Crippen molar-refractivity contribution in [3.63, 3.8) is 0 Å². The molecular weight excluding hydrogens is 246 g/mol. The highest BCUT2D eigenvalue weighted by molar-refractivity contribution is 5.76. The zero-order valence-corrected chi connectivity index (χ0v) is 11.5. The van der Waals surface area contributed by atoms with Crippen LogP contribution in [-0.2, 0) is 16.1 Å². The van der Waals surface area contributed by atoms with Crippen LogP contribution in [0.25, 0.3) is 0 Å². The van der Waals surface area contributed by atoms with E-state index in [1.165, 1.54) is 0 Å². The van der Waals surface area contributed by atoms with Gasteiger partial charge in [-0.25, -0.2) is 4.98 Å². The van der Waals surface area contributed by atoms with Gasteiger partial charge in [0.15, 0.2) is 0 Å². The molecule has 0 spiro atoms. The molecule has 0 aliphatic carbocycles. The molecule has 1 amide bonds. The first-order valence-corrected chi connectivity index (χ1v) is 6.52. The summed E-state index contributed by atoms with van der Waals surface area (Å²) in [5.74, 6) is 0.0866. The molecule has 0 radical (unpaired) electrons. The van der Waals surface area contributed by atoms with Gasteiger partial charge in [-0.3, -0.25) is 4.79 Å². The van der Waals surface area contributed by atoms with Crippen molar-refractivity contribution in [2.75, 3.05) is 19.7 Å². The van der Waals surface area contributed by atoms with E-state index in [9.17, 15) is 9.90 Å². The molecule has 1 fully saturated rings. The smallest absolute Gasteiger partial charge is 0.224 e. The minimum absolute atomic E-state index is 0.0608. The Balaban J connectivity index is 1.90. The van der Waals surface area contributed by atoms with Crippen LogP contribution in [0.15, 0.2) is 18.7 Å². The number of morpholine rings is 1. The van der Waals surface area contributed by atoms with Gasteiger partial charge in [0.2, 0.25) is 5.91 Å². The van der Waals surface area contributed by atoms with Crippen molar-refractivity contribution in [3.8, 4) is 0 Å². The highest BCUT2D eigenvalue weighted by Crippen LogP contribution is 2.21. The Morgan fingerprint density at radius 1 is 1.58 bits per heavy atom. The van der Waals surface area contributed by atoms with Gasteiger partial charge in [-0.2, -0.15) is 0 Å². The van der Waals surface area contributed by atoms with Crippen LogP contribution in [0.4, 0.5) is 0 Å². The van der Waals surface area contributed by atoms with Crippen molar-refractivity contribution in [3.05, 3.63) is 18.7 Å². The summed E-state index contributed by atoms with van der Waals surface area (Å²) in [5.41, 5.74) is -0.406. The van der Waals surface area contributed by atoms with Gasteiger partial charge in [0.1, 0.15) is 0 Å². The van der Waals surface area contributed by atoms with E-state index in [0.29, 0.717) is 26.1 Å². The van der Waals surface area contributed by atoms with Crippen molar-refractivity contribution in [1.29, 1.82) is 0 Å². The number of ether oxygens (including phenoxy) is 1. The van der Waals surface area contributed by atoms with Crippen molar-refractivity contribution in [2.45, 2.75) is 38.5 Å². The third kappa shape index (κ3) is 3.78. The lowest BCUT2D eigenvalue weighted by atomic mass is 10.0. The molecule has 0 aromatic carbocycles. The van der Waals surface area contributed by atoms with Gasteiger partial charge in [0, 0.05) is 38.4 Å². The average Bonchev–Trinajstić information content (AvgIpc) is 2.87. The predicted octanol–water partition coefficient (Wildman–Crippen LogP) is 0.272. The molecule has 2 heterocycles. The summed E-state index contributed by atoms with van der Waals surface area (Å²) in [7, 11) is 0. The standard InChI is InChI=1S/C13H21N3O3/c1-13(2)9-16(7-11(8-17)19-13)12(18)3-5-15-6-4-14-10-15/h4,6,10-11,17H,3,5,7-9H2,1-2H3. The summed E-state index contributed by atoms with van der Waals surface area (Å²) in [6.07, 6.45) is 5.38. The summed E-state index contributed by atoms with van der Waals surface area (Å²) < 4.78 is 7.58. The fourth-order valence-electron chi connectivity index (χ4n) is 2.38. The molecule has 19 heavy (non-hydrogen) atoms. The number of nitrogens with zero attached hydrogens (tertiary/aromatic N) is 3. The Kier molecular flexibility index (Phi) is 4.21. The Hall–Kier alpha value is -1.40. The number of hydrogen-bond donors (Lipinski definition) is 1. The van der Waals surface area contributed by atoms with Gasteiger partial charge in [0.25, 0.3) is 0 Å². The van der Waals surface area contributed by atoms with E-state index in [-0.39, 0.29) is 18.6 Å². The first kappa shape index (κ1) is 14.0. The Bertz CT molecular complexity index is 417. The largest absolute Gasteiger partial charge is 0.394 e. The second kappa shape index (κ2) is 5.71. The summed E-state index contributed by atoms with van der Waals surface area (Å²) in [6, 6.07) is 0. The van der Waals surface area contributed by atoms with Gasteiger partial charge in [-0.1, -0.05) is 0 Å². The molecule has 106 valence electrons. The maximum Gasteiger partial charge on any atom is 0.224 e. The van der Waals surface area contributed by atoms with Crippen LogP contribution in [0.1, 0.15) is 20.3 Å². The third-order valence-electron chi connectivity index (χ3n) is 3.18. The lowest BCUT2D eigenvalue weighted by Gasteiger charge is -2.42. The molecule has 1 unspecified atom stereocenters. The summed E-state index contributed by atoms with van der Waals surface area (Å²) in [6.45, 7) is 5.46. The van der Waals surface area contributed by atoms with Crippen LogP contribution < -0.4 is 0 Å². The zero-order chi connectivity index (χ0) is 13.9. The molecule has 1 aliphatic rings. The lowest BCUT2D eigenvalue weighted by molar-refractivity contribution is -0.167. The summed E-state index contributed by atoms with van der Waals surface area (Å²) in [4.78, 5) is 17.9. The van der Waals surface area contributed by atoms with Gasteiger partial charge >= 0.3 is 0 Å². The van der Waals surface area contributed by atoms with E-state index in [2.05, 4.69) is 4.98 Å². The van der Waals surface area contributed by atoms with Gasteiger partial charge < -0.3 is 19.3 Å². The average molecular weight is 267 g/mol. The predicted molar refractivity (Wildman–Crippen MR) is 69.5 cm³/mol. The molecule has 1 saturated heterocycles. The van der Waals surface area contributed by atoms with E-state index in [0.717, 1.165) is 0 Å². The molecular formula is C13H21N3O3. The van der Waals surface area contributed by atoms with Crippen LogP contribution in [0.2, 0.25) is 0 Å². The van der Waals surface area contributed by atoms with Crippen molar-refractivity contribution >= 4 is 5.91 Å². The number of aliphatic hydroxyl groups is 1. The molecule has 1 atom stereocenters. The van der Waals surface area contributed by atoms with Crippen molar-refractivity contribution in [1.82, 2.24) is 14.5 Å². The number of hydrogen-bond acceptors (Lipinski definition) is 4. The molecule has 1 aliphatic heterocycles. The molecule has 0 bridgehead atoms. The first-order chi connectivity index (χ1) is 9.00. The van der Waals surface area contributed by atoms with Crippen LogP contribution in [0, 0.1) is 0 Å². The van der Waals surface area contributed by atoms with Gasteiger partial charge in [-0.05, 0) is 13.8 Å². The van der Waals surface area contributed by atoms with Crippen LogP contribution >= 0.6 is 0 Å². The molecule has 1 aromatic heterocycles. The van der Waals surface area contributed by atoms with Crippen molar-refractivity contribution in [2.24, 2.45) is 0 Å². The second-order valence-electron chi connectivity index (χ2n) is 5.51. The monoisotopic (exact) mass is 267 g/mol. The highest BCUT2D eigenvalue weighted by Gasteiger charge is 2.34. The number of aryl methyl sites for hydroxylation is 1. The second-order valence-corrected chi connectivity index (χ2v) is 5.51. The van der Waals surface area contributed by atoms with Crippen molar-refractivity contribution < 1.29 is 14.6 Å². The summed E-state index contributed by atoms with van der Waals surface area (Å²) >= 11 is 0. The number of carbonyl (C=O) groups is 1. The molecule has 2 rings (SSSR count). The fraction of sp³-hybridized carbons (Fsp3) is 0.692. The topological polar surface area (TPSA) is 67.6 Å². The van der Waals surface area contributed by atoms with E-state index < -0.39 is 5.60 Å². The van der Waals surface area contributed by atoms with Crippen LogP contribution in [0.3, 0.4) is 0 Å². The highest BCUT2D eigenvalue weighted by atomic mass is 16.5. The molecule has 1 aromatic rings. The SMILES string of the molecule is CC1(C)CN(C(=O)CCn2ccnc2)CC(CO)O1. The van der Waals surface area contributed by atoms with Gasteiger partial charge in [0.05, 0.1) is 24.6 Å². The zero-order valence-electron chi connectivity index (χ0n) is 11.5. The quantitative estimate of drug-likeness (QED) is 0.850. The van der Waals surface area contributed by atoms with Crippen LogP contribution in [-0.4, -0.2) is 56.9 Å². The molecule has 0 saturated carbocycles. The van der Waals surface area contributed by atoms with E-state index in [4.69, 9.17) is 4.74 Å². The summed E-state index contributed by atoms with van der Waals surface area (Å²) in [5, 5.41) is 9.23. The number of carbonyl (C=O) groups excluding carboxylic acids is 1. The van der Waals surface area contributed by atoms with E-state index in [1.54, 1.807) is 17.4 Å². The Labute approximate surface area is 113 Å². The Morgan fingerprint density at radius 2 is 2.37 bits per heavy atom.